The first kappa shape index (κ1) is 8.24. The third-order valence-corrected chi connectivity index (χ3v) is 4.05. The average Bonchev–Trinajstić information content (AvgIpc) is 2.06. The molecule has 0 saturated carbocycles. The van der Waals surface area contributed by atoms with Crippen molar-refractivity contribution in [1.29, 1.82) is 0 Å². The maximum atomic E-state index is 9.82. The van der Waals surface area contributed by atoms with Gasteiger partial charge in [-0.15, -0.1) is 6.58 Å². The molecule has 1 N–H and O–H groups in total. The van der Waals surface area contributed by atoms with Crippen molar-refractivity contribution in [1.82, 2.24) is 0 Å². The Balaban J connectivity index is 3.02. The highest BCUT2D eigenvalue weighted by Gasteiger charge is 2.21. The number of hydrogen-bond acceptors (Lipinski definition) is 1. The Morgan fingerprint density at radius 1 is 1.36 bits per heavy atom. The molecule has 0 spiro atoms. The van der Waals surface area contributed by atoms with E-state index in [1.807, 2.05) is 36.9 Å². The standard InChI is InChI=1S/C9H12OSi/c1-3-11(2,10)9-7-5-4-6-8-9/h3-8,10H,1H2,2H3. The molecule has 1 aromatic rings. The van der Waals surface area contributed by atoms with Crippen LogP contribution in [0.15, 0.2) is 42.6 Å². The van der Waals surface area contributed by atoms with Gasteiger partial charge in [0.2, 0.25) is 8.32 Å². The molecular formula is C9H12OSi. The average molecular weight is 164 g/mol. The molecule has 0 saturated heterocycles. The van der Waals surface area contributed by atoms with Crippen molar-refractivity contribution >= 4 is 13.5 Å². The fourth-order valence-electron chi connectivity index (χ4n) is 0.893. The fourth-order valence-corrected chi connectivity index (χ4v) is 2.00. The van der Waals surface area contributed by atoms with Gasteiger partial charge in [0.05, 0.1) is 0 Å². The van der Waals surface area contributed by atoms with E-state index in [1.54, 1.807) is 5.70 Å². The third kappa shape index (κ3) is 1.79. The topological polar surface area (TPSA) is 20.2 Å². The quantitative estimate of drug-likeness (QED) is 0.651. The highest BCUT2D eigenvalue weighted by Crippen LogP contribution is 1.98. The summed E-state index contributed by atoms with van der Waals surface area (Å²) in [5.41, 5.74) is 1.67. The van der Waals surface area contributed by atoms with Crippen molar-refractivity contribution in [3.05, 3.63) is 42.6 Å². The van der Waals surface area contributed by atoms with Crippen LogP contribution in [0.2, 0.25) is 6.55 Å². The molecule has 1 unspecified atom stereocenters. The van der Waals surface area contributed by atoms with E-state index in [0.717, 1.165) is 5.19 Å². The van der Waals surface area contributed by atoms with Gasteiger partial charge in [-0.05, 0) is 11.7 Å². The summed E-state index contributed by atoms with van der Waals surface area (Å²) >= 11 is 0. The first-order valence-corrected chi connectivity index (χ1v) is 6.11. The van der Waals surface area contributed by atoms with Gasteiger partial charge < -0.3 is 4.80 Å². The van der Waals surface area contributed by atoms with Crippen LogP contribution in [0.1, 0.15) is 0 Å². The predicted molar refractivity (Wildman–Crippen MR) is 50.1 cm³/mol. The predicted octanol–water partition coefficient (Wildman–Crippen LogP) is 1.19. The van der Waals surface area contributed by atoms with Crippen molar-refractivity contribution in [2.24, 2.45) is 0 Å². The molecule has 1 nitrogen and oxygen atoms in total. The van der Waals surface area contributed by atoms with Crippen LogP contribution in [-0.4, -0.2) is 13.1 Å². The zero-order chi connectivity index (χ0) is 8.32. The second-order valence-corrected chi connectivity index (χ2v) is 6.00. The Hall–Kier alpha value is -0.863. The summed E-state index contributed by atoms with van der Waals surface area (Å²) in [6.07, 6.45) is 0. The molecule has 0 radical (unpaired) electrons. The molecule has 1 aromatic carbocycles. The largest absolute Gasteiger partial charge is 0.424 e. The molecule has 0 aliphatic carbocycles. The van der Waals surface area contributed by atoms with Gasteiger partial charge in [0, 0.05) is 0 Å². The molecule has 0 aliphatic rings. The van der Waals surface area contributed by atoms with Crippen LogP contribution in [0.5, 0.6) is 0 Å². The molecule has 2 heteroatoms. The Labute approximate surface area is 68.1 Å². The zero-order valence-corrected chi connectivity index (χ0v) is 7.62. The van der Waals surface area contributed by atoms with E-state index in [9.17, 15) is 4.80 Å². The van der Waals surface area contributed by atoms with E-state index >= 15 is 0 Å². The van der Waals surface area contributed by atoms with Gasteiger partial charge in [-0.25, -0.2) is 0 Å². The maximum absolute atomic E-state index is 9.82. The molecule has 1 atom stereocenters. The smallest absolute Gasteiger partial charge is 0.241 e. The van der Waals surface area contributed by atoms with Crippen LogP contribution >= 0.6 is 0 Å². The summed E-state index contributed by atoms with van der Waals surface area (Å²) in [5.74, 6) is 0. The molecule has 0 aromatic heterocycles. The summed E-state index contributed by atoms with van der Waals surface area (Å²) in [5, 5.41) is 1.01. The Morgan fingerprint density at radius 3 is 2.36 bits per heavy atom. The highest BCUT2D eigenvalue weighted by atomic mass is 28.4. The van der Waals surface area contributed by atoms with Gasteiger partial charge in [-0.2, -0.15) is 0 Å². The van der Waals surface area contributed by atoms with Crippen LogP contribution in [-0.2, 0) is 0 Å². The van der Waals surface area contributed by atoms with Crippen molar-refractivity contribution in [3.8, 4) is 0 Å². The van der Waals surface area contributed by atoms with Crippen LogP contribution < -0.4 is 5.19 Å². The van der Waals surface area contributed by atoms with Gasteiger partial charge in [-0.3, -0.25) is 0 Å². The minimum absolute atomic E-state index is 1.01. The van der Waals surface area contributed by atoms with Gasteiger partial charge in [0.15, 0.2) is 0 Å². The van der Waals surface area contributed by atoms with Gasteiger partial charge in [-0.1, -0.05) is 36.0 Å². The van der Waals surface area contributed by atoms with Gasteiger partial charge in [0.25, 0.3) is 0 Å². The lowest BCUT2D eigenvalue weighted by Gasteiger charge is -2.14. The Kier molecular flexibility index (Phi) is 2.27. The Bertz CT molecular complexity index is 241. The second-order valence-electron chi connectivity index (χ2n) is 2.72. The molecule has 1 rings (SSSR count). The van der Waals surface area contributed by atoms with Crippen LogP contribution in [0.4, 0.5) is 0 Å². The van der Waals surface area contributed by atoms with Crippen molar-refractivity contribution in [2.45, 2.75) is 6.55 Å². The van der Waals surface area contributed by atoms with E-state index in [1.165, 1.54) is 0 Å². The fraction of sp³-hybridized carbons (Fsp3) is 0.111. The van der Waals surface area contributed by atoms with E-state index < -0.39 is 8.32 Å². The first-order valence-electron chi connectivity index (χ1n) is 3.58. The molecule has 0 amide bonds. The summed E-state index contributed by atoms with van der Waals surface area (Å²) < 4.78 is 0. The zero-order valence-electron chi connectivity index (χ0n) is 6.62. The van der Waals surface area contributed by atoms with Crippen molar-refractivity contribution in [2.75, 3.05) is 0 Å². The lowest BCUT2D eigenvalue weighted by atomic mass is 10.4. The van der Waals surface area contributed by atoms with Gasteiger partial charge >= 0.3 is 0 Å². The number of benzene rings is 1. The van der Waals surface area contributed by atoms with Crippen LogP contribution in [0.25, 0.3) is 0 Å². The number of hydrogen-bond donors (Lipinski definition) is 1. The van der Waals surface area contributed by atoms with Crippen LogP contribution in [0.3, 0.4) is 0 Å². The molecule has 0 heterocycles. The second kappa shape index (κ2) is 3.03. The molecule has 11 heavy (non-hydrogen) atoms. The summed E-state index contributed by atoms with van der Waals surface area (Å²) in [6, 6.07) is 9.68. The minimum atomic E-state index is -2.29. The normalized spacial score (nSPS) is 15.5. The Morgan fingerprint density at radius 2 is 1.91 bits per heavy atom. The van der Waals surface area contributed by atoms with E-state index in [0.29, 0.717) is 0 Å². The summed E-state index contributed by atoms with van der Waals surface area (Å²) in [4.78, 5) is 9.82. The molecule has 0 aliphatic heterocycles. The number of rotatable bonds is 2. The van der Waals surface area contributed by atoms with E-state index in [4.69, 9.17) is 0 Å². The molecule has 58 valence electrons. The van der Waals surface area contributed by atoms with E-state index in [-0.39, 0.29) is 0 Å². The van der Waals surface area contributed by atoms with Crippen molar-refractivity contribution in [3.63, 3.8) is 0 Å². The van der Waals surface area contributed by atoms with E-state index in [2.05, 4.69) is 6.58 Å². The lowest BCUT2D eigenvalue weighted by Crippen LogP contribution is -2.42. The lowest BCUT2D eigenvalue weighted by molar-refractivity contribution is 0.575. The summed E-state index contributed by atoms with van der Waals surface area (Å²) in [7, 11) is -2.29. The minimum Gasteiger partial charge on any atom is -0.424 e. The monoisotopic (exact) mass is 164 g/mol. The molecular weight excluding hydrogens is 152 g/mol. The van der Waals surface area contributed by atoms with Crippen LogP contribution in [0, 0.1) is 0 Å². The molecule has 0 fully saturated rings. The van der Waals surface area contributed by atoms with Crippen molar-refractivity contribution < 1.29 is 4.80 Å². The first-order chi connectivity index (χ1) is 5.17. The van der Waals surface area contributed by atoms with Gasteiger partial charge in [0.1, 0.15) is 0 Å². The summed E-state index contributed by atoms with van der Waals surface area (Å²) in [6.45, 7) is 5.48. The third-order valence-electron chi connectivity index (χ3n) is 1.76. The SMILES string of the molecule is C=C[Si](C)(O)c1ccccc1. The molecule has 0 bridgehead atoms. The highest BCUT2D eigenvalue weighted by molar-refractivity contribution is 6.88. The maximum Gasteiger partial charge on any atom is 0.241 e.